The Kier molecular flexibility index (Phi) is 5.20. The van der Waals surface area contributed by atoms with Crippen LogP contribution in [-0.4, -0.2) is 11.9 Å². The summed E-state index contributed by atoms with van der Waals surface area (Å²) in [6, 6.07) is 10.6. The van der Waals surface area contributed by atoms with Gasteiger partial charge in [-0.15, -0.1) is 0 Å². The lowest BCUT2D eigenvalue weighted by Crippen LogP contribution is -2.21. The maximum Gasteiger partial charge on any atom is 0.191 e. The van der Waals surface area contributed by atoms with Gasteiger partial charge in [0, 0.05) is 10.0 Å². The van der Waals surface area contributed by atoms with Crippen LogP contribution in [0.4, 0.5) is 8.78 Å². The molecule has 0 saturated carbocycles. The van der Waals surface area contributed by atoms with Gasteiger partial charge in [-0.05, 0) is 42.8 Å². The average molecular weight is 355 g/mol. The van der Waals surface area contributed by atoms with Crippen molar-refractivity contribution in [3.8, 4) is 0 Å². The van der Waals surface area contributed by atoms with Gasteiger partial charge >= 0.3 is 0 Å². The summed E-state index contributed by atoms with van der Waals surface area (Å²) in [5.41, 5.74) is 1.01. The van der Waals surface area contributed by atoms with E-state index in [1.54, 1.807) is 6.92 Å². The summed E-state index contributed by atoms with van der Waals surface area (Å²) in [5.74, 6) is -2.40. The minimum atomic E-state index is -1.04. The number of halogens is 3. The summed E-state index contributed by atoms with van der Waals surface area (Å²) in [5, 5.41) is 0. The Morgan fingerprint density at radius 2 is 1.81 bits per heavy atom. The number of benzene rings is 2. The normalized spacial score (nSPS) is 12.2. The summed E-state index contributed by atoms with van der Waals surface area (Å²) in [6.07, 6.45) is -0.737. The Morgan fingerprint density at radius 1 is 1.14 bits per heavy atom. The zero-order valence-corrected chi connectivity index (χ0v) is 12.9. The first-order valence-corrected chi connectivity index (χ1v) is 7.12. The van der Waals surface area contributed by atoms with Crippen molar-refractivity contribution in [2.24, 2.45) is 0 Å². The largest absolute Gasteiger partial charge is 0.366 e. The highest BCUT2D eigenvalue weighted by atomic mass is 79.9. The van der Waals surface area contributed by atoms with Gasteiger partial charge in [-0.3, -0.25) is 4.79 Å². The van der Waals surface area contributed by atoms with Crippen LogP contribution >= 0.6 is 15.9 Å². The molecule has 2 nitrogen and oxygen atoms in total. The van der Waals surface area contributed by atoms with Gasteiger partial charge in [0.1, 0.15) is 6.10 Å². The van der Waals surface area contributed by atoms with Crippen LogP contribution in [0.5, 0.6) is 0 Å². The van der Waals surface area contributed by atoms with Gasteiger partial charge < -0.3 is 4.74 Å². The standard InChI is InChI=1S/C16H13BrF2O2/c1-10(21-9-11-2-5-13(17)6-3-11)16(20)12-4-7-14(18)15(19)8-12/h2-8,10H,9H2,1H3. The number of hydrogen-bond acceptors (Lipinski definition) is 2. The molecule has 0 saturated heterocycles. The van der Waals surface area contributed by atoms with Gasteiger partial charge in [-0.1, -0.05) is 28.1 Å². The fourth-order valence-electron chi connectivity index (χ4n) is 1.76. The number of hydrogen-bond donors (Lipinski definition) is 0. The molecule has 0 aromatic heterocycles. The molecule has 0 aliphatic heterocycles. The first-order chi connectivity index (χ1) is 9.97. The van der Waals surface area contributed by atoms with E-state index < -0.39 is 17.7 Å². The fourth-order valence-corrected chi connectivity index (χ4v) is 2.03. The Morgan fingerprint density at radius 3 is 2.43 bits per heavy atom. The van der Waals surface area contributed by atoms with Crippen molar-refractivity contribution in [1.82, 2.24) is 0 Å². The number of rotatable bonds is 5. The van der Waals surface area contributed by atoms with Crippen LogP contribution in [0.1, 0.15) is 22.8 Å². The highest BCUT2D eigenvalue weighted by Gasteiger charge is 2.17. The van der Waals surface area contributed by atoms with E-state index in [-0.39, 0.29) is 18.0 Å². The third-order valence-corrected chi connectivity index (χ3v) is 3.52. The van der Waals surface area contributed by atoms with Gasteiger partial charge in [0.25, 0.3) is 0 Å². The molecule has 5 heteroatoms. The smallest absolute Gasteiger partial charge is 0.191 e. The molecular formula is C16H13BrF2O2. The van der Waals surface area contributed by atoms with Gasteiger partial charge in [0.15, 0.2) is 17.4 Å². The minimum absolute atomic E-state index is 0.0946. The lowest BCUT2D eigenvalue weighted by Gasteiger charge is -2.12. The van der Waals surface area contributed by atoms with Crippen LogP contribution in [0.15, 0.2) is 46.9 Å². The van der Waals surface area contributed by atoms with Crippen molar-refractivity contribution in [2.45, 2.75) is 19.6 Å². The summed E-state index contributed by atoms with van der Waals surface area (Å²) in [4.78, 5) is 12.1. The third kappa shape index (κ3) is 4.19. The molecule has 2 aromatic carbocycles. The van der Waals surface area contributed by atoms with E-state index in [0.29, 0.717) is 0 Å². The number of ether oxygens (including phenoxy) is 1. The Labute approximate surface area is 129 Å². The van der Waals surface area contributed by atoms with Crippen molar-refractivity contribution in [3.63, 3.8) is 0 Å². The quantitative estimate of drug-likeness (QED) is 0.738. The summed E-state index contributed by atoms with van der Waals surface area (Å²) < 4.78 is 32.4. The molecule has 2 aromatic rings. The fraction of sp³-hybridized carbons (Fsp3) is 0.188. The second kappa shape index (κ2) is 6.91. The molecule has 0 aliphatic carbocycles. The highest BCUT2D eigenvalue weighted by molar-refractivity contribution is 9.10. The maximum atomic E-state index is 13.1. The predicted molar refractivity (Wildman–Crippen MR) is 79.1 cm³/mol. The van der Waals surface area contributed by atoms with Crippen LogP contribution in [0, 0.1) is 11.6 Å². The molecule has 0 radical (unpaired) electrons. The summed E-state index contributed by atoms with van der Waals surface area (Å²) in [7, 11) is 0. The van der Waals surface area contributed by atoms with Crippen molar-refractivity contribution in [3.05, 3.63) is 69.7 Å². The summed E-state index contributed by atoms with van der Waals surface area (Å²) in [6.45, 7) is 1.85. The van der Waals surface area contributed by atoms with Gasteiger partial charge in [0.05, 0.1) is 6.61 Å². The van der Waals surface area contributed by atoms with Crippen LogP contribution < -0.4 is 0 Å². The van der Waals surface area contributed by atoms with Crippen molar-refractivity contribution in [2.75, 3.05) is 0 Å². The Bertz CT molecular complexity index is 641. The molecule has 0 heterocycles. The molecule has 0 amide bonds. The lowest BCUT2D eigenvalue weighted by molar-refractivity contribution is 0.0412. The van der Waals surface area contributed by atoms with E-state index in [9.17, 15) is 13.6 Å². The zero-order valence-electron chi connectivity index (χ0n) is 11.3. The Hall–Kier alpha value is -1.59. The molecule has 1 unspecified atom stereocenters. The Balaban J connectivity index is 1.99. The first-order valence-electron chi connectivity index (χ1n) is 6.32. The molecule has 1 atom stereocenters. The monoisotopic (exact) mass is 354 g/mol. The third-order valence-electron chi connectivity index (χ3n) is 2.99. The van der Waals surface area contributed by atoms with Crippen LogP contribution in [0.2, 0.25) is 0 Å². The van der Waals surface area contributed by atoms with E-state index in [1.165, 1.54) is 6.07 Å². The van der Waals surface area contributed by atoms with E-state index in [4.69, 9.17) is 4.74 Å². The molecular weight excluding hydrogens is 342 g/mol. The molecule has 0 aliphatic rings. The molecule has 21 heavy (non-hydrogen) atoms. The molecule has 0 spiro atoms. The molecule has 2 rings (SSSR count). The van der Waals surface area contributed by atoms with Crippen molar-refractivity contribution in [1.29, 1.82) is 0 Å². The molecule has 0 fully saturated rings. The number of carbonyl (C=O) groups is 1. The topological polar surface area (TPSA) is 26.3 Å². The second-order valence-corrected chi connectivity index (χ2v) is 5.49. The highest BCUT2D eigenvalue weighted by Crippen LogP contribution is 2.15. The van der Waals surface area contributed by atoms with E-state index in [0.717, 1.165) is 22.2 Å². The van der Waals surface area contributed by atoms with Gasteiger partial charge in [-0.25, -0.2) is 8.78 Å². The van der Waals surface area contributed by atoms with Crippen LogP contribution in [-0.2, 0) is 11.3 Å². The molecule has 0 bridgehead atoms. The number of ketones is 1. The molecule has 0 N–H and O–H groups in total. The van der Waals surface area contributed by atoms with Crippen molar-refractivity contribution < 1.29 is 18.3 Å². The average Bonchev–Trinajstić information content (AvgIpc) is 2.48. The van der Waals surface area contributed by atoms with Gasteiger partial charge in [-0.2, -0.15) is 0 Å². The summed E-state index contributed by atoms with van der Waals surface area (Å²) >= 11 is 3.33. The second-order valence-electron chi connectivity index (χ2n) is 4.57. The maximum absolute atomic E-state index is 13.1. The number of Topliss-reactive ketones (excluding diaryl/α,β-unsaturated/α-hetero) is 1. The van der Waals surface area contributed by atoms with Crippen LogP contribution in [0.3, 0.4) is 0 Å². The van der Waals surface area contributed by atoms with Crippen LogP contribution in [0.25, 0.3) is 0 Å². The lowest BCUT2D eigenvalue weighted by atomic mass is 10.1. The first kappa shape index (κ1) is 15.8. The predicted octanol–water partition coefficient (Wildman–Crippen LogP) is 4.52. The SMILES string of the molecule is CC(OCc1ccc(Br)cc1)C(=O)c1ccc(F)c(F)c1. The van der Waals surface area contributed by atoms with Crippen molar-refractivity contribution >= 4 is 21.7 Å². The van der Waals surface area contributed by atoms with Gasteiger partial charge in [0.2, 0.25) is 0 Å². The van der Waals surface area contributed by atoms with E-state index in [1.807, 2.05) is 24.3 Å². The zero-order chi connectivity index (χ0) is 15.4. The minimum Gasteiger partial charge on any atom is -0.366 e. The van der Waals surface area contributed by atoms with E-state index >= 15 is 0 Å². The van der Waals surface area contributed by atoms with E-state index in [2.05, 4.69) is 15.9 Å². The number of carbonyl (C=O) groups excluding carboxylic acids is 1. The molecule has 110 valence electrons.